The van der Waals surface area contributed by atoms with Crippen LogP contribution in [0.15, 0.2) is 48.5 Å². The minimum atomic E-state index is -0.557. The summed E-state index contributed by atoms with van der Waals surface area (Å²) in [5.41, 5.74) is 1.40. The van der Waals surface area contributed by atoms with Crippen molar-refractivity contribution in [2.75, 3.05) is 32.6 Å². The lowest BCUT2D eigenvalue weighted by molar-refractivity contribution is -0.132. The molecule has 4 rings (SSSR count). The average Bonchev–Trinajstić information content (AvgIpc) is 3.40. The third-order valence-electron chi connectivity index (χ3n) is 7.37. The van der Waals surface area contributed by atoms with Crippen LogP contribution in [0.5, 0.6) is 11.5 Å². The Hall–Kier alpha value is -3.30. The number of nitrogens with zero attached hydrogens (tertiary/aromatic N) is 2. The van der Waals surface area contributed by atoms with E-state index in [1.54, 1.807) is 30.5 Å². The highest BCUT2D eigenvalue weighted by atomic mass is 35.5. The molecule has 0 aliphatic heterocycles. The number of anilines is 1. The second-order valence-corrected chi connectivity index (χ2v) is 12.0. The van der Waals surface area contributed by atoms with Crippen LogP contribution in [-0.4, -0.2) is 55.1 Å². The van der Waals surface area contributed by atoms with Gasteiger partial charge in [0.1, 0.15) is 12.4 Å². The maximum Gasteiger partial charge on any atom is 0.322 e. The number of hydrogen-bond acceptors (Lipinski definition) is 5. The summed E-state index contributed by atoms with van der Waals surface area (Å²) < 4.78 is 24.5. The standard InChI is InChI=1S/C31H37ClFN3O4S/c1-21-9-12-25(41-21)19-35(16-15-22-10-14-28(39-2)29(17-22)40-3)30(37)20-36(24-7-5-4-6-8-24)31(38)34-23-11-13-27(33)26(32)18-23/h9-14,17-18,24H,4-8,15-16,19-20H2,1-3H3,(H,34,38). The van der Waals surface area contributed by atoms with Gasteiger partial charge in [-0.3, -0.25) is 4.79 Å². The Morgan fingerprint density at radius 2 is 1.78 bits per heavy atom. The van der Waals surface area contributed by atoms with Gasteiger partial charge in [0.05, 0.1) is 25.8 Å². The van der Waals surface area contributed by atoms with E-state index in [1.807, 2.05) is 42.2 Å². The van der Waals surface area contributed by atoms with Crippen LogP contribution in [0.2, 0.25) is 5.02 Å². The van der Waals surface area contributed by atoms with Crippen LogP contribution in [0.3, 0.4) is 0 Å². The van der Waals surface area contributed by atoms with Crippen molar-refractivity contribution >= 4 is 40.6 Å². The average molecular weight is 602 g/mol. The first-order chi connectivity index (χ1) is 19.8. The molecule has 1 aliphatic carbocycles. The highest BCUT2D eigenvalue weighted by molar-refractivity contribution is 7.11. The summed E-state index contributed by atoms with van der Waals surface area (Å²) in [7, 11) is 3.20. The SMILES string of the molecule is COc1ccc(CCN(Cc2ccc(C)s2)C(=O)CN(C(=O)Nc2ccc(F)c(Cl)c2)C2CCCCC2)cc1OC. The van der Waals surface area contributed by atoms with Crippen LogP contribution in [0, 0.1) is 12.7 Å². The van der Waals surface area contributed by atoms with Crippen molar-refractivity contribution in [2.24, 2.45) is 0 Å². The molecule has 3 aromatic rings. The summed E-state index contributed by atoms with van der Waals surface area (Å²) in [6.45, 7) is 2.92. The molecular weight excluding hydrogens is 565 g/mol. The van der Waals surface area contributed by atoms with Crippen molar-refractivity contribution < 1.29 is 23.5 Å². The Labute approximate surface area is 250 Å². The van der Waals surface area contributed by atoms with Crippen LogP contribution in [0.4, 0.5) is 14.9 Å². The Morgan fingerprint density at radius 3 is 2.44 bits per heavy atom. The molecule has 220 valence electrons. The number of ether oxygens (including phenoxy) is 2. The zero-order valence-corrected chi connectivity index (χ0v) is 25.3. The number of rotatable bonds is 11. The molecule has 0 atom stereocenters. The molecule has 10 heteroatoms. The van der Waals surface area contributed by atoms with Crippen LogP contribution in [-0.2, 0) is 17.8 Å². The summed E-state index contributed by atoms with van der Waals surface area (Å²) in [6, 6.07) is 13.5. The van der Waals surface area contributed by atoms with E-state index in [1.165, 1.54) is 23.1 Å². The highest BCUT2D eigenvalue weighted by Crippen LogP contribution is 2.29. The normalized spacial score (nSPS) is 13.5. The van der Waals surface area contributed by atoms with Crippen LogP contribution >= 0.6 is 22.9 Å². The van der Waals surface area contributed by atoms with Crippen molar-refractivity contribution in [3.05, 3.63) is 74.7 Å². The maximum absolute atomic E-state index is 13.9. The van der Waals surface area contributed by atoms with Crippen molar-refractivity contribution in [1.29, 1.82) is 0 Å². The molecule has 1 heterocycles. The predicted octanol–water partition coefficient (Wildman–Crippen LogP) is 7.30. The maximum atomic E-state index is 13.9. The van der Waals surface area contributed by atoms with Gasteiger partial charge in [0.15, 0.2) is 11.5 Å². The van der Waals surface area contributed by atoms with Gasteiger partial charge in [-0.15, -0.1) is 11.3 Å². The summed E-state index contributed by atoms with van der Waals surface area (Å²) >= 11 is 7.59. The molecule has 0 bridgehead atoms. The third-order valence-corrected chi connectivity index (χ3v) is 8.64. The Balaban J connectivity index is 1.53. The van der Waals surface area contributed by atoms with Gasteiger partial charge in [-0.05, 0) is 74.2 Å². The predicted molar refractivity (Wildman–Crippen MR) is 162 cm³/mol. The van der Waals surface area contributed by atoms with Gasteiger partial charge in [-0.2, -0.15) is 0 Å². The lowest BCUT2D eigenvalue weighted by atomic mass is 9.94. The van der Waals surface area contributed by atoms with Gasteiger partial charge in [-0.25, -0.2) is 9.18 Å². The Morgan fingerprint density at radius 1 is 1.02 bits per heavy atom. The molecule has 1 fully saturated rings. The first-order valence-electron chi connectivity index (χ1n) is 13.8. The molecule has 1 N–H and O–H groups in total. The molecule has 1 aromatic heterocycles. The number of aryl methyl sites for hydroxylation is 1. The first-order valence-corrected chi connectivity index (χ1v) is 15.0. The largest absolute Gasteiger partial charge is 0.493 e. The van der Waals surface area contributed by atoms with Crippen molar-refractivity contribution in [3.63, 3.8) is 0 Å². The van der Waals surface area contributed by atoms with E-state index in [0.717, 1.165) is 42.5 Å². The molecule has 1 saturated carbocycles. The smallest absolute Gasteiger partial charge is 0.322 e. The van der Waals surface area contributed by atoms with E-state index in [2.05, 4.69) is 5.32 Å². The topological polar surface area (TPSA) is 71.1 Å². The fraction of sp³-hybridized carbons (Fsp3) is 0.419. The molecule has 0 spiro atoms. The second-order valence-electron chi connectivity index (χ2n) is 10.2. The fourth-order valence-corrected chi connectivity index (χ4v) is 6.21. The number of thiophene rings is 1. The number of carbonyl (C=O) groups is 2. The van der Waals surface area contributed by atoms with Crippen molar-refractivity contribution in [1.82, 2.24) is 9.80 Å². The second kappa shape index (κ2) is 14.5. The number of nitrogens with one attached hydrogen (secondary N) is 1. The van der Waals surface area contributed by atoms with Gasteiger partial charge < -0.3 is 24.6 Å². The quantitative estimate of drug-likeness (QED) is 0.250. The van der Waals surface area contributed by atoms with Crippen LogP contribution < -0.4 is 14.8 Å². The van der Waals surface area contributed by atoms with Gasteiger partial charge in [0.2, 0.25) is 5.91 Å². The molecule has 0 radical (unpaired) electrons. The lowest BCUT2D eigenvalue weighted by Gasteiger charge is -2.35. The van der Waals surface area contributed by atoms with Crippen molar-refractivity contribution in [2.45, 2.75) is 58.0 Å². The van der Waals surface area contributed by atoms with Gasteiger partial charge in [0.25, 0.3) is 0 Å². The molecule has 0 saturated heterocycles. The van der Waals surface area contributed by atoms with E-state index in [-0.39, 0.29) is 29.5 Å². The zero-order chi connectivity index (χ0) is 29.4. The number of methoxy groups -OCH3 is 2. The number of hydrogen-bond donors (Lipinski definition) is 1. The van der Waals surface area contributed by atoms with Crippen LogP contribution in [0.25, 0.3) is 0 Å². The lowest BCUT2D eigenvalue weighted by Crippen LogP contribution is -2.49. The summed E-state index contributed by atoms with van der Waals surface area (Å²) in [5, 5.41) is 2.75. The molecule has 7 nitrogen and oxygen atoms in total. The van der Waals surface area contributed by atoms with Gasteiger partial charge in [-0.1, -0.05) is 36.9 Å². The van der Waals surface area contributed by atoms with Gasteiger partial charge in [0, 0.05) is 28.0 Å². The van der Waals surface area contributed by atoms with E-state index in [0.29, 0.717) is 36.7 Å². The molecule has 41 heavy (non-hydrogen) atoms. The number of urea groups is 1. The summed E-state index contributed by atoms with van der Waals surface area (Å²) in [5.74, 6) is 0.597. The minimum absolute atomic E-state index is 0.0539. The fourth-order valence-electron chi connectivity index (χ4n) is 5.12. The molecule has 3 amide bonds. The minimum Gasteiger partial charge on any atom is -0.493 e. The van der Waals surface area contributed by atoms with Crippen LogP contribution in [0.1, 0.15) is 47.4 Å². The molecular formula is C31H37ClFN3O4S. The summed E-state index contributed by atoms with van der Waals surface area (Å²) in [4.78, 5) is 33.1. The van der Waals surface area contributed by atoms with E-state index >= 15 is 0 Å². The molecule has 0 unspecified atom stereocenters. The molecule has 1 aliphatic rings. The summed E-state index contributed by atoms with van der Waals surface area (Å²) in [6.07, 6.45) is 5.40. The Kier molecular flexibility index (Phi) is 10.9. The third kappa shape index (κ3) is 8.36. The Bertz CT molecular complexity index is 1340. The van der Waals surface area contributed by atoms with Crippen molar-refractivity contribution in [3.8, 4) is 11.5 Å². The first kappa shape index (κ1) is 30.7. The number of carbonyl (C=O) groups excluding carboxylic acids is 2. The van der Waals surface area contributed by atoms with Gasteiger partial charge >= 0.3 is 6.03 Å². The molecule has 2 aromatic carbocycles. The number of halogens is 2. The number of benzene rings is 2. The van der Waals surface area contributed by atoms with E-state index in [4.69, 9.17) is 21.1 Å². The highest BCUT2D eigenvalue weighted by Gasteiger charge is 2.29. The van der Waals surface area contributed by atoms with E-state index in [9.17, 15) is 14.0 Å². The monoisotopic (exact) mass is 601 g/mol. The zero-order valence-electron chi connectivity index (χ0n) is 23.8. The van der Waals surface area contributed by atoms with E-state index < -0.39 is 5.82 Å². The number of amides is 3.